The number of anilines is 1. The van der Waals surface area contributed by atoms with Gasteiger partial charge in [0.05, 0.1) is 0 Å². The Hall–Kier alpha value is -1.91. The second-order valence-electron chi connectivity index (χ2n) is 4.85. The van der Waals surface area contributed by atoms with Crippen LogP contribution in [0.4, 0.5) is 10.1 Å². The number of benzene rings is 2. The third-order valence-electron chi connectivity index (χ3n) is 3.30. The lowest BCUT2D eigenvalue weighted by molar-refractivity contribution is 0.220. The second kappa shape index (κ2) is 6.03. The van der Waals surface area contributed by atoms with Gasteiger partial charge in [0, 0.05) is 17.9 Å². The van der Waals surface area contributed by atoms with E-state index in [0.29, 0.717) is 23.2 Å². The number of hydrogen-bond acceptors (Lipinski definition) is 3. The van der Waals surface area contributed by atoms with Crippen molar-refractivity contribution in [2.45, 2.75) is 19.4 Å². The Kier molecular flexibility index (Phi) is 4.37. The van der Waals surface area contributed by atoms with Crippen LogP contribution in [0.2, 0.25) is 0 Å². The molecule has 0 aromatic heterocycles. The molecule has 4 heteroatoms. The third kappa shape index (κ3) is 2.98. The minimum atomic E-state index is -0.909. The van der Waals surface area contributed by atoms with Crippen molar-refractivity contribution in [1.29, 1.82) is 0 Å². The minimum Gasteiger partial charge on any atom is -0.398 e. The molecule has 0 amide bonds. The van der Waals surface area contributed by atoms with Gasteiger partial charge in [-0.2, -0.15) is 0 Å². The van der Waals surface area contributed by atoms with Gasteiger partial charge in [-0.25, -0.2) is 4.39 Å². The Morgan fingerprint density at radius 3 is 2.45 bits per heavy atom. The predicted molar refractivity (Wildman–Crippen MR) is 76.8 cm³/mol. The summed E-state index contributed by atoms with van der Waals surface area (Å²) in [6, 6.07) is 9.38. The summed E-state index contributed by atoms with van der Waals surface area (Å²) in [7, 11) is 0. The zero-order valence-corrected chi connectivity index (χ0v) is 11.3. The SMILES string of the molecule is Cc1cc(CCO)c(N)c(C(O)c2ccc(F)cc2)c1. The molecule has 4 N–H and O–H groups in total. The Morgan fingerprint density at radius 2 is 1.85 bits per heavy atom. The average molecular weight is 275 g/mol. The maximum atomic E-state index is 12.9. The Labute approximate surface area is 117 Å². The third-order valence-corrected chi connectivity index (χ3v) is 3.30. The van der Waals surface area contributed by atoms with Crippen LogP contribution in [0.3, 0.4) is 0 Å². The first-order valence-electron chi connectivity index (χ1n) is 6.46. The Bertz CT molecular complexity index is 596. The molecule has 2 aromatic rings. The summed E-state index contributed by atoms with van der Waals surface area (Å²) in [5.74, 6) is -0.348. The molecule has 0 spiro atoms. The molecule has 0 aliphatic heterocycles. The van der Waals surface area contributed by atoms with Crippen LogP contribution in [0.25, 0.3) is 0 Å². The van der Waals surface area contributed by atoms with Crippen molar-refractivity contribution in [2.24, 2.45) is 0 Å². The number of nitrogen functional groups attached to an aromatic ring is 1. The molecule has 2 aromatic carbocycles. The van der Waals surface area contributed by atoms with Crippen LogP contribution in [0.5, 0.6) is 0 Å². The van der Waals surface area contributed by atoms with Crippen LogP contribution in [0.1, 0.15) is 28.4 Å². The maximum absolute atomic E-state index is 12.9. The number of halogens is 1. The first-order chi connectivity index (χ1) is 9.52. The molecule has 0 heterocycles. The number of aliphatic hydroxyl groups is 2. The molecular weight excluding hydrogens is 257 g/mol. The van der Waals surface area contributed by atoms with Crippen LogP contribution in [-0.2, 0) is 6.42 Å². The predicted octanol–water partition coefficient (Wildman–Crippen LogP) is 2.33. The van der Waals surface area contributed by atoms with E-state index in [9.17, 15) is 9.50 Å². The number of nitrogens with two attached hydrogens (primary N) is 1. The van der Waals surface area contributed by atoms with Crippen molar-refractivity contribution in [2.75, 3.05) is 12.3 Å². The lowest BCUT2D eigenvalue weighted by atomic mass is 9.94. The molecule has 0 aliphatic carbocycles. The van der Waals surface area contributed by atoms with Gasteiger partial charge in [0.25, 0.3) is 0 Å². The van der Waals surface area contributed by atoms with Crippen LogP contribution in [0.15, 0.2) is 36.4 Å². The van der Waals surface area contributed by atoms with Gasteiger partial charge >= 0.3 is 0 Å². The zero-order valence-electron chi connectivity index (χ0n) is 11.3. The van der Waals surface area contributed by atoms with E-state index in [0.717, 1.165) is 11.1 Å². The van der Waals surface area contributed by atoms with E-state index in [4.69, 9.17) is 10.8 Å². The van der Waals surface area contributed by atoms with Crippen molar-refractivity contribution in [3.05, 3.63) is 64.5 Å². The quantitative estimate of drug-likeness (QED) is 0.750. The fourth-order valence-electron chi connectivity index (χ4n) is 2.28. The summed E-state index contributed by atoms with van der Waals surface area (Å²) in [6.07, 6.45) is -0.468. The van der Waals surface area contributed by atoms with Crippen molar-refractivity contribution in [1.82, 2.24) is 0 Å². The topological polar surface area (TPSA) is 66.5 Å². The number of hydrogen-bond donors (Lipinski definition) is 3. The smallest absolute Gasteiger partial charge is 0.123 e. The van der Waals surface area contributed by atoms with Crippen molar-refractivity contribution in [3.63, 3.8) is 0 Å². The highest BCUT2D eigenvalue weighted by Crippen LogP contribution is 2.30. The van der Waals surface area contributed by atoms with Gasteiger partial charge in [0.1, 0.15) is 11.9 Å². The zero-order chi connectivity index (χ0) is 14.7. The first-order valence-corrected chi connectivity index (χ1v) is 6.46. The summed E-state index contributed by atoms with van der Waals surface area (Å²) < 4.78 is 12.9. The van der Waals surface area contributed by atoms with Gasteiger partial charge in [-0.05, 0) is 36.6 Å². The van der Waals surface area contributed by atoms with E-state index in [1.54, 1.807) is 0 Å². The van der Waals surface area contributed by atoms with Crippen molar-refractivity contribution < 1.29 is 14.6 Å². The van der Waals surface area contributed by atoms with Crippen molar-refractivity contribution in [3.8, 4) is 0 Å². The van der Waals surface area contributed by atoms with E-state index < -0.39 is 6.10 Å². The maximum Gasteiger partial charge on any atom is 0.123 e. The average Bonchev–Trinajstić information content (AvgIpc) is 2.43. The second-order valence-corrected chi connectivity index (χ2v) is 4.85. The van der Waals surface area contributed by atoms with E-state index in [2.05, 4.69) is 0 Å². The highest BCUT2D eigenvalue weighted by atomic mass is 19.1. The molecule has 1 unspecified atom stereocenters. The summed E-state index contributed by atoms with van der Waals surface area (Å²) in [6.45, 7) is 1.90. The van der Waals surface area contributed by atoms with Gasteiger partial charge in [-0.3, -0.25) is 0 Å². The van der Waals surface area contributed by atoms with Gasteiger partial charge in [-0.1, -0.05) is 29.8 Å². The molecule has 0 saturated heterocycles. The molecule has 0 radical (unpaired) electrons. The Morgan fingerprint density at radius 1 is 1.20 bits per heavy atom. The molecule has 2 rings (SSSR count). The fraction of sp³-hybridized carbons (Fsp3) is 0.250. The van der Waals surface area contributed by atoms with E-state index in [1.807, 2.05) is 19.1 Å². The Balaban J connectivity index is 2.43. The van der Waals surface area contributed by atoms with E-state index in [1.165, 1.54) is 24.3 Å². The van der Waals surface area contributed by atoms with Crippen LogP contribution < -0.4 is 5.73 Å². The summed E-state index contributed by atoms with van der Waals surface area (Å²) in [5, 5.41) is 19.5. The number of aliphatic hydroxyl groups excluding tert-OH is 2. The largest absolute Gasteiger partial charge is 0.398 e. The molecule has 20 heavy (non-hydrogen) atoms. The van der Waals surface area contributed by atoms with Crippen LogP contribution >= 0.6 is 0 Å². The van der Waals surface area contributed by atoms with Gasteiger partial charge in [0.15, 0.2) is 0 Å². The van der Waals surface area contributed by atoms with Crippen LogP contribution in [0, 0.1) is 12.7 Å². The van der Waals surface area contributed by atoms with Gasteiger partial charge < -0.3 is 15.9 Å². The molecule has 1 atom stereocenters. The van der Waals surface area contributed by atoms with Crippen LogP contribution in [-0.4, -0.2) is 16.8 Å². The molecule has 0 saturated carbocycles. The minimum absolute atomic E-state index is 0.000261. The van der Waals surface area contributed by atoms with E-state index in [-0.39, 0.29) is 12.4 Å². The highest BCUT2D eigenvalue weighted by molar-refractivity contribution is 5.58. The molecular formula is C16H18FNO2. The molecule has 106 valence electrons. The normalized spacial score (nSPS) is 12.4. The highest BCUT2D eigenvalue weighted by Gasteiger charge is 2.16. The lowest BCUT2D eigenvalue weighted by Gasteiger charge is -2.17. The first kappa shape index (κ1) is 14.5. The van der Waals surface area contributed by atoms with Crippen molar-refractivity contribution >= 4 is 5.69 Å². The monoisotopic (exact) mass is 275 g/mol. The molecule has 0 fully saturated rings. The number of rotatable bonds is 4. The summed E-state index contributed by atoms with van der Waals surface area (Å²) in [4.78, 5) is 0. The fourth-order valence-corrected chi connectivity index (χ4v) is 2.28. The summed E-state index contributed by atoms with van der Waals surface area (Å²) >= 11 is 0. The van der Waals surface area contributed by atoms with Gasteiger partial charge in [-0.15, -0.1) is 0 Å². The lowest BCUT2D eigenvalue weighted by Crippen LogP contribution is -2.08. The van der Waals surface area contributed by atoms with E-state index >= 15 is 0 Å². The molecule has 0 bridgehead atoms. The molecule has 3 nitrogen and oxygen atoms in total. The number of aryl methyl sites for hydroxylation is 1. The van der Waals surface area contributed by atoms with Gasteiger partial charge in [0.2, 0.25) is 0 Å². The standard InChI is InChI=1S/C16H18FNO2/c1-10-8-12(6-7-19)15(18)14(9-10)16(20)11-2-4-13(17)5-3-11/h2-5,8-9,16,19-20H,6-7,18H2,1H3. The molecule has 0 aliphatic rings. The summed E-state index contributed by atoms with van der Waals surface area (Å²) in [5.41, 5.74) is 9.47.